The van der Waals surface area contributed by atoms with Gasteiger partial charge in [0, 0.05) is 17.7 Å². The number of thiophene rings is 1. The van der Waals surface area contributed by atoms with Gasteiger partial charge in [-0.2, -0.15) is 0 Å². The van der Waals surface area contributed by atoms with Crippen molar-refractivity contribution in [3.63, 3.8) is 0 Å². The molecule has 0 amide bonds. The number of aryl methyl sites for hydroxylation is 1. The minimum Gasteiger partial charge on any atom is -0.493 e. The number of fused-ring (bicyclic) bond motifs is 1. The molecule has 0 spiro atoms. The topological polar surface area (TPSA) is 81.8 Å². The number of ether oxygens (including phenoxy) is 2. The van der Waals surface area contributed by atoms with Gasteiger partial charge in [-0.15, -0.1) is 11.3 Å². The molecule has 1 N–H and O–H groups in total. The summed E-state index contributed by atoms with van der Waals surface area (Å²) in [6.45, 7) is 4.69. The molecule has 166 valence electrons. The minimum atomic E-state index is -0.887. The van der Waals surface area contributed by atoms with Crippen LogP contribution in [0.2, 0.25) is 0 Å². The Labute approximate surface area is 190 Å². The predicted molar refractivity (Wildman–Crippen MR) is 124 cm³/mol. The zero-order valence-corrected chi connectivity index (χ0v) is 18.9. The summed E-state index contributed by atoms with van der Waals surface area (Å²) in [7, 11) is 0. The molecule has 7 heteroatoms. The van der Waals surface area contributed by atoms with Crippen molar-refractivity contribution in [2.75, 3.05) is 13.2 Å². The van der Waals surface area contributed by atoms with Crippen LogP contribution in [-0.2, 0) is 16.0 Å². The third kappa shape index (κ3) is 5.18. The Balaban J connectivity index is 1.37. The van der Waals surface area contributed by atoms with Crippen molar-refractivity contribution in [1.29, 1.82) is 0 Å². The molecule has 0 saturated heterocycles. The third-order valence-electron chi connectivity index (χ3n) is 5.12. The van der Waals surface area contributed by atoms with Crippen molar-refractivity contribution in [3.8, 4) is 16.5 Å². The average Bonchev–Trinajstić information content (AvgIpc) is 3.37. The number of aliphatic carboxylic acids is 1. The first-order valence-electron chi connectivity index (χ1n) is 10.5. The highest BCUT2D eigenvalue weighted by Crippen LogP contribution is 2.33. The fourth-order valence-corrected chi connectivity index (χ4v) is 4.52. The predicted octanol–water partition coefficient (Wildman–Crippen LogP) is 6.04. The molecule has 1 atom stereocenters. The Morgan fingerprint density at radius 1 is 1.19 bits per heavy atom. The van der Waals surface area contributed by atoms with E-state index in [-0.39, 0.29) is 6.42 Å². The summed E-state index contributed by atoms with van der Waals surface area (Å²) in [6, 6.07) is 17.7. The fourth-order valence-electron chi connectivity index (χ4n) is 3.53. The molecule has 2 aromatic heterocycles. The van der Waals surface area contributed by atoms with Gasteiger partial charge in [0.1, 0.15) is 11.5 Å². The zero-order chi connectivity index (χ0) is 22.5. The fraction of sp³-hybridized carbons (Fsp3) is 0.280. The molecule has 1 unspecified atom stereocenters. The van der Waals surface area contributed by atoms with E-state index in [1.165, 1.54) is 10.1 Å². The molecule has 0 aliphatic rings. The number of carbonyl (C=O) groups is 1. The third-order valence-corrected chi connectivity index (χ3v) is 6.22. The van der Waals surface area contributed by atoms with E-state index in [9.17, 15) is 4.79 Å². The Morgan fingerprint density at radius 3 is 2.69 bits per heavy atom. The quantitative estimate of drug-likeness (QED) is 0.317. The molecular formula is C25H25NO5S. The minimum absolute atomic E-state index is 0.0678. The van der Waals surface area contributed by atoms with Crippen LogP contribution in [0.15, 0.2) is 59.0 Å². The number of carboxylic acid groups (broad SMARTS) is 1. The first-order valence-corrected chi connectivity index (χ1v) is 11.4. The molecule has 2 heterocycles. The molecule has 0 aliphatic carbocycles. The lowest BCUT2D eigenvalue weighted by Gasteiger charge is -2.16. The molecule has 6 nitrogen and oxygen atoms in total. The van der Waals surface area contributed by atoms with Gasteiger partial charge in [-0.25, -0.2) is 4.98 Å². The molecule has 32 heavy (non-hydrogen) atoms. The Morgan fingerprint density at radius 2 is 1.97 bits per heavy atom. The molecular weight excluding hydrogens is 426 g/mol. The molecule has 0 bridgehead atoms. The first kappa shape index (κ1) is 22.0. The highest BCUT2D eigenvalue weighted by molar-refractivity contribution is 7.22. The summed E-state index contributed by atoms with van der Waals surface area (Å²) in [4.78, 5) is 16.7. The lowest BCUT2D eigenvalue weighted by molar-refractivity contribution is -0.140. The molecule has 4 rings (SSSR count). The maximum atomic E-state index is 11.0. The highest BCUT2D eigenvalue weighted by Gasteiger charge is 2.16. The van der Waals surface area contributed by atoms with Crippen LogP contribution in [0.4, 0.5) is 0 Å². The Kier molecular flexibility index (Phi) is 6.87. The monoisotopic (exact) mass is 451 g/mol. The number of benzene rings is 2. The van der Waals surface area contributed by atoms with Crippen LogP contribution >= 0.6 is 11.3 Å². The number of hydrogen-bond donors (Lipinski definition) is 1. The highest BCUT2D eigenvalue weighted by atomic mass is 32.1. The van der Waals surface area contributed by atoms with Gasteiger partial charge in [0.15, 0.2) is 0 Å². The summed E-state index contributed by atoms with van der Waals surface area (Å²) in [5.74, 6) is 1.26. The van der Waals surface area contributed by atoms with Crippen molar-refractivity contribution >= 4 is 27.4 Å². The number of aromatic nitrogens is 1. The van der Waals surface area contributed by atoms with E-state index in [0.717, 1.165) is 21.9 Å². The second-order valence-corrected chi connectivity index (χ2v) is 8.46. The second kappa shape index (κ2) is 9.97. The van der Waals surface area contributed by atoms with Gasteiger partial charge in [-0.05, 0) is 49.1 Å². The lowest BCUT2D eigenvalue weighted by atomic mass is 10.1. The van der Waals surface area contributed by atoms with E-state index in [1.807, 2.05) is 50.2 Å². The standard InChI is InChI=1S/C25H25NO5S/c1-3-29-21(15-24(27)28)17-8-10-19(11-9-17)30-13-12-20-16(2)31-25(26-20)23-14-18-6-4-5-7-22(18)32-23/h4-11,14,21H,3,12-13,15H2,1-2H3,(H,27,28). The molecule has 0 radical (unpaired) electrons. The Bertz CT molecular complexity index is 1160. The van der Waals surface area contributed by atoms with Crippen LogP contribution in [0.25, 0.3) is 20.9 Å². The van der Waals surface area contributed by atoms with Gasteiger partial charge in [0.2, 0.25) is 5.89 Å². The van der Waals surface area contributed by atoms with Gasteiger partial charge in [0.05, 0.1) is 29.7 Å². The smallest absolute Gasteiger partial charge is 0.306 e. The van der Waals surface area contributed by atoms with E-state index >= 15 is 0 Å². The summed E-state index contributed by atoms with van der Waals surface area (Å²) in [5.41, 5.74) is 1.70. The molecule has 4 aromatic rings. The van der Waals surface area contributed by atoms with Crippen molar-refractivity contribution in [2.45, 2.75) is 32.8 Å². The maximum Gasteiger partial charge on any atom is 0.306 e. The van der Waals surface area contributed by atoms with Crippen molar-refractivity contribution in [3.05, 3.63) is 71.6 Å². The van der Waals surface area contributed by atoms with Gasteiger partial charge < -0.3 is 19.0 Å². The molecule has 0 aliphatic heterocycles. The second-order valence-electron chi connectivity index (χ2n) is 7.38. The normalized spacial score (nSPS) is 12.2. The van der Waals surface area contributed by atoms with Crippen molar-refractivity contribution < 1.29 is 23.8 Å². The number of nitrogens with zero attached hydrogens (tertiary/aromatic N) is 1. The van der Waals surface area contributed by atoms with E-state index in [4.69, 9.17) is 19.0 Å². The lowest BCUT2D eigenvalue weighted by Crippen LogP contribution is -2.10. The summed E-state index contributed by atoms with van der Waals surface area (Å²) < 4.78 is 18.5. The van der Waals surface area contributed by atoms with E-state index < -0.39 is 12.1 Å². The maximum absolute atomic E-state index is 11.0. The van der Waals surface area contributed by atoms with Gasteiger partial charge in [-0.1, -0.05) is 30.3 Å². The van der Waals surface area contributed by atoms with Crippen LogP contribution in [0.1, 0.15) is 36.5 Å². The van der Waals surface area contributed by atoms with Crippen LogP contribution < -0.4 is 4.74 Å². The summed E-state index contributed by atoms with van der Waals surface area (Å²) in [6.07, 6.45) is 0.0983. The average molecular weight is 452 g/mol. The number of hydrogen-bond acceptors (Lipinski definition) is 6. The largest absolute Gasteiger partial charge is 0.493 e. The van der Waals surface area contributed by atoms with Crippen molar-refractivity contribution in [1.82, 2.24) is 4.98 Å². The molecule has 0 saturated carbocycles. The van der Waals surface area contributed by atoms with Crippen molar-refractivity contribution in [2.24, 2.45) is 0 Å². The Hall–Kier alpha value is -3.16. The van der Waals surface area contributed by atoms with Gasteiger partial charge in [0.25, 0.3) is 0 Å². The number of oxazole rings is 1. The molecule has 0 fully saturated rings. The summed E-state index contributed by atoms with van der Waals surface area (Å²) >= 11 is 1.67. The van der Waals surface area contributed by atoms with E-state index in [1.54, 1.807) is 11.3 Å². The van der Waals surface area contributed by atoms with Crippen LogP contribution in [0, 0.1) is 6.92 Å². The van der Waals surface area contributed by atoms with E-state index in [0.29, 0.717) is 31.3 Å². The van der Waals surface area contributed by atoms with Gasteiger partial charge in [-0.3, -0.25) is 4.79 Å². The summed E-state index contributed by atoms with van der Waals surface area (Å²) in [5, 5.41) is 10.3. The molecule has 2 aromatic carbocycles. The van der Waals surface area contributed by atoms with Gasteiger partial charge >= 0.3 is 5.97 Å². The SMILES string of the molecule is CCOC(CC(=O)O)c1ccc(OCCc2nc(-c3cc4ccccc4s3)oc2C)cc1. The van der Waals surface area contributed by atoms with E-state index in [2.05, 4.69) is 23.2 Å². The van der Waals surface area contributed by atoms with Crippen LogP contribution in [0.3, 0.4) is 0 Å². The van der Waals surface area contributed by atoms with Crippen LogP contribution in [0.5, 0.6) is 5.75 Å². The number of rotatable bonds is 10. The number of carboxylic acids is 1. The zero-order valence-electron chi connectivity index (χ0n) is 18.0. The van der Waals surface area contributed by atoms with Crippen LogP contribution in [-0.4, -0.2) is 29.3 Å². The first-order chi connectivity index (χ1) is 15.5.